The maximum Gasteiger partial charge on any atom is 0.264 e. The van der Waals surface area contributed by atoms with Gasteiger partial charge in [-0.3, -0.25) is 4.79 Å². The summed E-state index contributed by atoms with van der Waals surface area (Å²) in [7, 11) is 0. The van der Waals surface area contributed by atoms with E-state index in [-0.39, 0.29) is 5.91 Å². The van der Waals surface area contributed by atoms with E-state index in [9.17, 15) is 4.79 Å². The lowest BCUT2D eigenvalue weighted by atomic mass is 10.2. The van der Waals surface area contributed by atoms with Gasteiger partial charge in [0.05, 0.1) is 19.5 Å². The summed E-state index contributed by atoms with van der Waals surface area (Å²) in [5.74, 6) is 0.514. The minimum atomic E-state index is -0.192. The number of ether oxygens (including phenoxy) is 1. The molecule has 3 aromatic rings. The van der Waals surface area contributed by atoms with E-state index in [0.717, 1.165) is 20.1 Å². The Morgan fingerprint density at radius 2 is 1.77 bits per heavy atom. The average Bonchev–Trinajstić information content (AvgIpc) is 3.06. The highest BCUT2D eigenvalue weighted by atomic mass is 79.9. The number of benzene rings is 3. The minimum Gasteiger partial charge on any atom is -0.487 e. The van der Waals surface area contributed by atoms with E-state index in [2.05, 4.69) is 42.2 Å². The number of amidine groups is 1. The molecule has 31 heavy (non-hydrogen) atoms. The van der Waals surface area contributed by atoms with Gasteiger partial charge in [-0.05, 0) is 91.2 Å². The number of rotatable bonds is 5. The molecular weight excluding hydrogens is 564 g/mol. The number of carbonyl (C=O) groups excluding carboxylic acids is 1. The van der Waals surface area contributed by atoms with Crippen LogP contribution in [0.5, 0.6) is 5.75 Å². The molecule has 1 fully saturated rings. The summed E-state index contributed by atoms with van der Waals surface area (Å²) in [6.07, 6.45) is 1.82. The smallest absolute Gasteiger partial charge is 0.264 e. The van der Waals surface area contributed by atoms with Crippen LogP contribution in [0.3, 0.4) is 0 Å². The zero-order chi connectivity index (χ0) is 21.8. The topological polar surface area (TPSA) is 50.7 Å². The monoisotopic (exact) mass is 576 g/mol. The van der Waals surface area contributed by atoms with Crippen LogP contribution in [0.4, 0.5) is 5.69 Å². The number of hydrogen-bond acceptors (Lipinski definition) is 4. The van der Waals surface area contributed by atoms with Crippen molar-refractivity contribution in [2.45, 2.75) is 6.61 Å². The fraction of sp³-hybridized carbons (Fsp3) is 0.0435. The molecule has 156 valence electrons. The van der Waals surface area contributed by atoms with Gasteiger partial charge in [-0.15, -0.1) is 0 Å². The Balaban J connectivity index is 1.51. The Hall–Kier alpha value is -2.06. The average molecular weight is 579 g/mol. The van der Waals surface area contributed by atoms with E-state index < -0.39 is 0 Å². The van der Waals surface area contributed by atoms with Gasteiger partial charge >= 0.3 is 0 Å². The van der Waals surface area contributed by atoms with Gasteiger partial charge in [-0.1, -0.05) is 48.0 Å². The summed E-state index contributed by atoms with van der Waals surface area (Å²) in [6.45, 7) is 0.458. The molecule has 0 unspecified atom stereocenters. The molecule has 1 aliphatic rings. The van der Waals surface area contributed by atoms with Gasteiger partial charge in [0.25, 0.3) is 5.91 Å². The largest absolute Gasteiger partial charge is 0.487 e. The Kier molecular flexibility index (Phi) is 7.17. The molecule has 0 aliphatic carbocycles. The number of nitrogens with zero attached hydrogens (tertiary/aromatic N) is 1. The Morgan fingerprint density at radius 1 is 1.03 bits per heavy atom. The standard InChI is InChI=1S/C23H15Br2ClN2O2S/c24-18-9-15(10-19(25)21(18)30-13-14-5-2-1-3-6-14)11-20-22(29)28-23(31-20)27-17-8-4-7-16(26)12-17/h1-12H,13H2,(H,27,28,29)/b20-11+. The molecule has 1 aliphatic heterocycles. The van der Waals surface area contributed by atoms with Gasteiger partial charge in [0.1, 0.15) is 12.4 Å². The summed E-state index contributed by atoms with van der Waals surface area (Å²) in [5.41, 5.74) is 2.62. The zero-order valence-electron chi connectivity index (χ0n) is 15.9. The first kappa shape index (κ1) is 22.1. The van der Waals surface area contributed by atoms with Crippen molar-refractivity contribution >= 4 is 78.1 Å². The van der Waals surface area contributed by atoms with E-state index in [0.29, 0.717) is 33.1 Å². The Bertz CT molecular complexity index is 1180. The molecule has 4 rings (SSSR count). The highest BCUT2D eigenvalue weighted by molar-refractivity contribution is 9.11. The first-order valence-corrected chi connectivity index (χ1v) is 12.0. The number of carbonyl (C=O) groups is 1. The number of thioether (sulfide) groups is 1. The van der Waals surface area contributed by atoms with Gasteiger partial charge in [-0.2, -0.15) is 0 Å². The Labute approximate surface area is 206 Å². The van der Waals surface area contributed by atoms with Crippen molar-refractivity contribution in [3.05, 3.63) is 96.7 Å². The third kappa shape index (κ3) is 5.80. The van der Waals surface area contributed by atoms with Crippen LogP contribution in [0.1, 0.15) is 11.1 Å². The van der Waals surface area contributed by atoms with Crippen molar-refractivity contribution in [1.29, 1.82) is 0 Å². The van der Waals surface area contributed by atoms with E-state index in [4.69, 9.17) is 16.3 Å². The maximum absolute atomic E-state index is 12.4. The van der Waals surface area contributed by atoms with Crippen LogP contribution in [0, 0.1) is 0 Å². The van der Waals surface area contributed by atoms with Crippen LogP contribution in [0.25, 0.3) is 6.08 Å². The predicted octanol–water partition coefficient (Wildman–Crippen LogP) is 7.34. The van der Waals surface area contributed by atoms with Crippen molar-refractivity contribution in [3.63, 3.8) is 0 Å². The molecule has 8 heteroatoms. The number of halogens is 3. The Morgan fingerprint density at radius 3 is 2.48 bits per heavy atom. The van der Waals surface area contributed by atoms with Gasteiger partial charge in [0, 0.05) is 5.02 Å². The van der Waals surface area contributed by atoms with E-state index in [1.165, 1.54) is 11.8 Å². The fourth-order valence-corrected chi connectivity index (χ4v) is 5.30. The van der Waals surface area contributed by atoms with Crippen LogP contribution < -0.4 is 10.1 Å². The number of hydrogen-bond donors (Lipinski definition) is 1. The first-order valence-electron chi connectivity index (χ1n) is 9.19. The number of aliphatic imine (C=N–C) groups is 1. The molecule has 0 radical (unpaired) electrons. The molecule has 1 heterocycles. The van der Waals surface area contributed by atoms with Crippen LogP contribution in [-0.2, 0) is 11.4 Å². The lowest BCUT2D eigenvalue weighted by molar-refractivity contribution is -0.115. The third-order valence-electron chi connectivity index (χ3n) is 4.23. The van der Waals surface area contributed by atoms with Gasteiger partial charge in [0.2, 0.25) is 0 Å². The van der Waals surface area contributed by atoms with Crippen LogP contribution in [0.2, 0.25) is 5.02 Å². The molecule has 1 amide bonds. The summed E-state index contributed by atoms with van der Waals surface area (Å²) >= 11 is 14.4. The number of amides is 1. The quantitative estimate of drug-likeness (QED) is 0.323. The molecule has 4 nitrogen and oxygen atoms in total. The lowest BCUT2D eigenvalue weighted by Gasteiger charge is -2.11. The van der Waals surface area contributed by atoms with Crippen LogP contribution in [0.15, 0.2) is 85.6 Å². The second kappa shape index (κ2) is 10.0. The van der Waals surface area contributed by atoms with E-state index in [1.54, 1.807) is 12.1 Å². The molecule has 0 atom stereocenters. The number of nitrogens with one attached hydrogen (secondary N) is 1. The maximum atomic E-state index is 12.4. The predicted molar refractivity (Wildman–Crippen MR) is 135 cm³/mol. The molecule has 1 saturated heterocycles. The zero-order valence-corrected chi connectivity index (χ0v) is 20.7. The molecule has 0 aromatic heterocycles. The van der Waals surface area contributed by atoms with Crippen molar-refractivity contribution in [1.82, 2.24) is 5.32 Å². The van der Waals surface area contributed by atoms with Gasteiger partial charge in [0.15, 0.2) is 5.17 Å². The molecule has 0 saturated carbocycles. The van der Waals surface area contributed by atoms with Gasteiger partial charge < -0.3 is 10.1 Å². The molecule has 0 bridgehead atoms. The highest BCUT2D eigenvalue weighted by Crippen LogP contribution is 2.37. The summed E-state index contributed by atoms with van der Waals surface area (Å²) in [6, 6.07) is 20.9. The van der Waals surface area contributed by atoms with Crippen LogP contribution in [-0.4, -0.2) is 11.1 Å². The highest BCUT2D eigenvalue weighted by Gasteiger charge is 2.24. The molecule has 0 spiro atoms. The van der Waals surface area contributed by atoms with Crippen molar-refractivity contribution in [2.75, 3.05) is 0 Å². The third-order valence-corrected chi connectivity index (χ3v) is 6.56. The molecule has 3 aromatic carbocycles. The van der Waals surface area contributed by atoms with E-state index >= 15 is 0 Å². The second-order valence-electron chi connectivity index (χ2n) is 6.55. The summed E-state index contributed by atoms with van der Waals surface area (Å²) in [5, 5.41) is 3.89. The lowest BCUT2D eigenvalue weighted by Crippen LogP contribution is -2.19. The summed E-state index contributed by atoms with van der Waals surface area (Å²) < 4.78 is 7.55. The van der Waals surface area contributed by atoms with Crippen molar-refractivity contribution in [2.24, 2.45) is 4.99 Å². The normalized spacial score (nSPS) is 16.0. The molecular formula is C23H15Br2ClN2O2S. The SMILES string of the molecule is O=C1NC(=Nc2cccc(Cl)c2)S/C1=C/c1cc(Br)c(OCc2ccccc2)c(Br)c1. The fourth-order valence-electron chi connectivity index (χ4n) is 2.83. The second-order valence-corrected chi connectivity index (χ2v) is 9.73. The van der Waals surface area contributed by atoms with Crippen molar-refractivity contribution in [3.8, 4) is 5.75 Å². The van der Waals surface area contributed by atoms with E-state index in [1.807, 2.05) is 60.7 Å². The summed E-state index contributed by atoms with van der Waals surface area (Å²) in [4.78, 5) is 17.4. The molecule has 1 N–H and O–H groups in total. The minimum absolute atomic E-state index is 0.192. The van der Waals surface area contributed by atoms with Crippen LogP contribution >= 0.6 is 55.2 Å². The van der Waals surface area contributed by atoms with Crippen molar-refractivity contribution < 1.29 is 9.53 Å². The first-order chi connectivity index (χ1) is 15.0. The van der Waals surface area contributed by atoms with Gasteiger partial charge in [-0.25, -0.2) is 4.99 Å².